The average molecular weight is 491 g/mol. The molecule has 0 aliphatic carbocycles. The maximum Gasteiger partial charge on any atom is 0.275 e. The fourth-order valence-electron chi connectivity index (χ4n) is 4.73. The third kappa shape index (κ3) is 5.72. The maximum absolute atomic E-state index is 13.0. The highest BCUT2D eigenvalue weighted by Crippen LogP contribution is 2.18. The molecule has 0 spiro atoms. The summed E-state index contributed by atoms with van der Waals surface area (Å²) in [7, 11) is 0. The van der Waals surface area contributed by atoms with E-state index >= 15 is 0 Å². The highest BCUT2D eigenvalue weighted by molar-refractivity contribution is 5.92. The summed E-state index contributed by atoms with van der Waals surface area (Å²) in [5.41, 5.74) is 2.73. The number of nitro benzene ring substituents is 1. The molecule has 0 unspecified atom stereocenters. The van der Waals surface area contributed by atoms with Crippen LogP contribution in [0.2, 0.25) is 0 Å². The van der Waals surface area contributed by atoms with Gasteiger partial charge in [0, 0.05) is 76.7 Å². The number of amides is 1. The van der Waals surface area contributed by atoms with Gasteiger partial charge in [0.2, 0.25) is 5.89 Å². The standard InChI is InChI=1S/C26H30N6O4/c33-26(31-16-14-30(15-17-31)22-4-2-1-3-5-22)24-20-36-25(27-24)19-29-12-10-28(11-13-29)18-21-6-8-23(9-7-21)32(34)35/h1-9,20H,10-19H2. The zero-order valence-electron chi connectivity index (χ0n) is 20.2. The van der Waals surface area contributed by atoms with Crippen molar-refractivity contribution in [2.45, 2.75) is 13.1 Å². The van der Waals surface area contributed by atoms with Gasteiger partial charge >= 0.3 is 0 Å². The van der Waals surface area contributed by atoms with E-state index in [2.05, 4.69) is 31.8 Å². The van der Waals surface area contributed by atoms with Crippen molar-refractivity contribution in [3.63, 3.8) is 0 Å². The molecule has 2 fully saturated rings. The first kappa shape index (κ1) is 24.0. The Morgan fingerprint density at radius 2 is 1.50 bits per heavy atom. The number of non-ortho nitro benzene ring substituents is 1. The van der Waals surface area contributed by atoms with E-state index in [0.29, 0.717) is 31.2 Å². The number of carbonyl (C=O) groups excluding carboxylic acids is 1. The molecule has 2 aliphatic rings. The monoisotopic (exact) mass is 490 g/mol. The smallest absolute Gasteiger partial charge is 0.275 e. The van der Waals surface area contributed by atoms with Crippen LogP contribution in [0.5, 0.6) is 0 Å². The van der Waals surface area contributed by atoms with Crippen LogP contribution in [0, 0.1) is 10.1 Å². The van der Waals surface area contributed by atoms with Gasteiger partial charge in [0.1, 0.15) is 6.26 Å². The number of para-hydroxylation sites is 1. The second-order valence-electron chi connectivity index (χ2n) is 9.22. The second-order valence-corrected chi connectivity index (χ2v) is 9.22. The number of oxazole rings is 1. The van der Waals surface area contributed by atoms with Crippen molar-refractivity contribution in [3.8, 4) is 0 Å². The minimum absolute atomic E-state index is 0.0781. The Morgan fingerprint density at radius 3 is 2.14 bits per heavy atom. The third-order valence-electron chi connectivity index (χ3n) is 6.84. The van der Waals surface area contributed by atoms with E-state index in [0.717, 1.165) is 51.4 Å². The molecule has 1 amide bonds. The Balaban J connectivity index is 1.07. The summed E-state index contributed by atoms with van der Waals surface area (Å²) in [6.07, 6.45) is 1.48. The van der Waals surface area contributed by atoms with Crippen LogP contribution < -0.4 is 4.90 Å². The molecule has 0 saturated carbocycles. The lowest BCUT2D eigenvalue weighted by Crippen LogP contribution is -2.48. The molecule has 0 bridgehead atoms. The van der Waals surface area contributed by atoms with Gasteiger partial charge in [-0.05, 0) is 17.7 Å². The molecule has 1 aromatic heterocycles. The SMILES string of the molecule is O=C(c1coc(CN2CCN(Cc3ccc([N+](=O)[O-])cc3)CC2)n1)N1CCN(c2ccccc2)CC1. The molecule has 0 atom stereocenters. The summed E-state index contributed by atoms with van der Waals surface area (Å²) >= 11 is 0. The van der Waals surface area contributed by atoms with Gasteiger partial charge < -0.3 is 14.2 Å². The molecule has 0 radical (unpaired) electrons. The van der Waals surface area contributed by atoms with E-state index in [-0.39, 0.29) is 16.5 Å². The van der Waals surface area contributed by atoms with Crippen LogP contribution in [-0.2, 0) is 13.1 Å². The van der Waals surface area contributed by atoms with Crippen LogP contribution in [-0.4, -0.2) is 82.9 Å². The summed E-state index contributed by atoms with van der Waals surface area (Å²) in [6.45, 7) is 7.74. The van der Waals surface area contributed by atoms with Gasteiger partial charge in [-0.15, -0.1) is 0 Å². The van der Waals surface area contributed by atoms with Crippen molar-refractivity contribution in [2.75, 3.05) is 57.3 Å². The van der Waals surface area contributed by atoms with Gasteiger partial charge in [-0.1, -0.05) is 30.3 Å². The normalized spacial score (nSPS) is 17.3. The summed E-state index contributed by atoms with van der Waals surface area (Å²) < 4.78 is 5.64. The highest BCUT2D eigenvalue weighted by Gasteiger charge is 2.25. The number of nitro groups is 1. The zero-order valence-corrected chi connectivity index (χ0v) is 20.2. The minimum atomic E-state index is -0.379. The number of carbonyl (C=O) groups is 1. The quantitative estimate of drug-likeness (QED) is 0.368. The molecule has 188 valence electrons. The molecule has 3 heterocycles. The first-order valence-electron chi connectivity index (χ1n) is 12.3. The molecular formula is C26H30N6O4. The van der Waals surface area contributed by atoms with E-state index in [1.807, 2.05) is 35.2 Å². The maximum atomic E-state index is 13.0. The fraction of sp³-hybridized carbons (Fsp3) is 0.385. The Morgan fingerprint density at radius 1 is 0.861 bits per heavy atom. The highest BCUT2D eigenvalue weighted by atomic mass is 16.6. The first-order valence-corrected chi connectivity index (χ1v) is 12.3. The number of anilines is 1. The van der Waals surface area contributed by atoms with Gasteiger partial charge in [-0.25, -0.2) is 4.98 Å². The molecule has 36 heavy (non-hydrogen) atoms. The van der Waals surface area contributed by atoms with Crippen LogP contribution in [0.15, 0.2) is 65.3 Å². The first-order chi connectivity index (χ1) is 17.5. The lowest BCUT2D eigenvalue weighted by molar-refractivity contribution is -0.384. The van der Waals surface area contributed by atoms with Crippen molar-refractivity contribution in [1.29, 1.82) is 0 Å². The molecule has 10 heteroatoms. The summed E-state index contributed by atoms with van der Waals surface area (Å²) in [5.74, 6) is 0.482. The van der Waals surface area contributed by atoms with Gasteiger partial charge in [-0.2, -0.15) is 0 Å². The number of benzene rings is 2. The van der Waals surface area contributed by atoms with E-state index in [1.165, 1.54) is 12.0 Å². The average Bonchev–Trinajstić information content (AvgIpc) is 3.39. The van der Waals surface area contributed by atoms with Gasteiger partial charge in [-0.3, -0.25) is 24.7 Å². The zero-order chi connectivity index (χ0) is 24.9. The molecule has 0 N–H and O–H groups in total. The van der Waals surface area contributed by atoms with E-state index in [1.54, 1.807) is 12.1 Å². The lowest BCUT2D eigenvalue weighted by Gasteiger charge is -2.35. The Hall–Kier alpha value is -3.76. The van der Waals surface area contributed by atoms with Gasteiger partial charge in [0.25, 0.3) is 11.6 Å². The molecular weight excluding hydrogens is 460 g/mol. The Kier molecular flexibility index (Phi) is 7.24. The van der Waals surface area contributed by atoms with Crippen LogP contribution in [0.4, 0.5) is 11.4 Å². The Bertz CT molecular complexity index is 1170. The van der Waals surface area contributed by atoms with Crippen molar-refractivity contribution in [2.24, 2.45) is 0 Å². The van der Waals surface area contributed by atoms with E-state index in [4.69, 9.17) is 4.42 Å². The van der Waals surface area contributed by atoms with Crippen LogP contribution in [0.1, 0.15) is 21.9 Å². The van der Waals surface area contributed by atoms with Crippen molar-refractivity contribution >= 4 is 17.3 Å². The van der Waals surface area contributed by atoms with Crippen molar-refractivity contribution in [1.82, 2.24) is 19.7 Å². The summed E-state index contributed by atoms with van der Waals surface area (Å²) in [6, 6.07) is 17.0. The molecule has 3 aromatic rings. The molecule has 2 aromatic carbocycles. The summed E-state index contributed by atoms with van der Waals surface area (Å²) in [4.78, 5) is 36.6. The number of nitrogens with zero attached hydrogens (tertiary/aromatic N) is 6. The van der Waals surface area contributed by atoms with Crippen molar-refractivity contribution in [3.05, 3.63) is 88.1 Å². The lowest BCUT2D eigenvalue weighted by atomic mass is 10.2. The van der Waals surface area contributed by atoms with Crippen molar-refractivity contribution < 1.29 is 14.1 Å². The van der Waals surface area contributed by atoms with Gasteiger partial charge in [0.05, 0.1) is 11.5 Å². The molecule has 5 rings (SSSR count). The fourth-order valence-corrected chi connectivity index (χ4v) is 4.73. The van der Waals surface area contributed by atoms with Crippen LogP contribution >= 0.6 is 0 Å². The van der Waals surface area contributed by atoms with Crippen LogP contribution in [0.3, 0.4) is 0 Å². The molecule has 10 nitrogen and oxygen atoms in total. The largest absolute Gasteiger partial charge is 0.447 e. The molecule has 2 aliphatic heterocycles. The third-order valence-corrected chi connectivity index (χ3v) is 6.84. The Labute approximate surface area is 209 Å². The van der Waals surface area contributed by atoms with Gasteiger partial charge in [0.15, 0.2) is 5.69 Å². The topological polar surface area (TPSA) is 99.2 Å². The predicted molar refractivity (Wildman–Crippen MR) is 135 cm³/mol. The number of piperazine rings is 2. The number of hydrogen-bond acceptors (Lipinski definition) is 8. The predicted octanol–water partition coefficient (Wildman–Crippen LogP) is 2.86. The summed E-state index contributed by atoms with van der Waals surface area (Å²) in [5, 5.41) is 10.8. The minimum Gasteiger partial charge on any atom is -0.447 e. The molecule has 2 saturated heterocycles. The van der Waals surface area contributed by atoms with E-state index in [9.17, 15) is 14.9 Å². The number of aromatic nitrogens is 1. The van der Waals surface area contributed by atoms with E-state index < -0.39 is 0 Å². The number of hydrogen-bond donors (Lipinski definition) is 0. The second kappa shape index (κ2) is 10.9. The van der Waals surface area contributed by atoms with Crippen LogP contribution in [0.25, 0.3) is 0 Å². The number of rotatable bonds is 7.